The van der Waals surface area contributed by atoms with Gasteiger partial charge in [-0.05, 0) is 68.9 Å². The van der Waals surface area contributed by atoms with Crippen LogP contribution in [0.2, 0.25) is 0 Å². The molecule has 0 radical (unpaired) electrons. The quantitative estimate of drug-likeness (QED) is 0.530. The first-order chi connectivity index (χ1) is 11.6. The molecule has 0 bridgehead atoms. The third-order valence-electron chi connectivity index (χ3n) is 4.92. The van der Waals surface area contributed by atoms with Crippen LogP contribution in [-0.2, 0) is 12.8 Å². The molecule has 5 rings (SSSR count). The van der Waals surface area contributed by atoms with Crippen LogP contribution in [0, 0.1) is 20.8 Å². The Morgan fingerprint density at radius 2 is 1.88 bits per heavy atom. The first-order valence-corrected chi connectivity index (χ1v) is 9.05. The Morgan fingerprint density at radius 3 is 2.75 bits per heavy atom. The number of nitrogens with zero attached hydrogens (tertiary/aromatic N) is 5. The molecule has 0 aliphatic heterocycles. The van der Waals surface area contributed by atoms with E-state index in [1.807, 2.05) is 22.9 Å². The molecule has 0 N–H and O–H groups in total. The largest absolute Gasteiger partial charge is 0.222 e. The molecule has 4 aromatic rings. The van der Waals surface area contributed by atoms with Crippen LogP contribution in [0.15, 0.2) is 12.1 Å². The summed E-state index contributed by atoms with van der Waals surface area (Å²) in [7, 11) is 0. The number of fused-ring (bicyclic) bond motifs is 4. The standard InChI is InChI=1S/C18H17N5S/c1-9-7-13-14(8-10(9)2)23(22-21-13)17-16-12-5-4-6-15(12)24-18(16)20-11(3)19-17/h7-8H,4-6H2,1-3H3. The normalized spacial score (nSPS) is 14.0. The van der Waals surface area contributed by atoms with Gasteiger partial charge in [0, 0.05) is 4.88 Å². The number of hydrogen-bond donors (Lipinski definition) is 0. The molecule has 120 valence electrons. The number of rotatable bonds is 1. The first-order valence-electron chi connectivity index (χ1n) is 8.24. The second-order valence-electron chi connectivity index (χ2n) is 6.56. The zero-order chi connectivity index (χ0) is 16.4. The minimum atomic E-state index is 0.782. The van der Waals surface area contributed by atoms with Crippen LogP contribution in [0.25, 0.3) is 27.1 Å². The summed E-state index contributed by atoms with van der Waals surface area (Å²) in [5.41, 5.74) is 5.81. The van der Waals surface area contributed by atoms with Crippen molar-refractivity contribution >= 4 is 32.6 Å². The number of benzene rings is 1. The van der Waals surface area contributed by atoms with E-state index in [0.717, 1.165) is 40.3 Å². The topological polar surface area (TPSA) is 56.5 Å². The van der Waals surface area contributed by atoms with Crippen molar-refractivity contribution in [3.05, 3.63) is 39.5 Å². The molecule has 0 amide bonds. The number of aryl methyl sites for hydroxylation is 5. The summed E-state index contributed by atoms with van der Waals surface area (Å²) in [4.78, 5) is 12.0. The van der Waals surface area contributed by atoms with E-state index in [2.05, 4.69) is 41.3 Å². The monoisotopic (exact) mass is 335 g/mol. The van der Waals surface area contributed by atoms with E-state index in [0.29, 0.717) is 0 Å². The van der Waals surface area contributed by atoms with Crippen LogP contribution < -0.4 is 0 Å². The van der Waals surface area contributed by atoms with Crippen LogP contribution in [0.1, 0.15) is 33.8 Å². The van der Waals surface area contributed by atoms with E-state index in [1.165, 1.54) is 33.4 Å². The average Bonchev–Trinajstić information content (AvgIpc) is 3.21. The van der Waals surface area contributed by atoms with Gasteiger partial charge < -0.3 is 0 Å². The van der Waals surface area contributed by atoms with E-state index in [9.17, 15) is 0 Å². The molecule has 0 saturated carbocycles. The summed E-state index contributed by atoms with van der Waals surface area (Å²) in [5.74, 6) is 1.66. The maximum Gasteiger partial charge on any atom is 0.168 e. The summed E-state index contributed by atoms with van der Waals surface area (Å²) in [6.07, 6.45) is 3.49. The number of thiophene rings is 1. The van der Waals surface area contributed by atoms with Crippen molar-refractivity contribution in [2.75, 3.05) is 0 Å². The van der Waals surface area contributed by atoms with Gasteiger partial charge in [0.2, 0.25) is 0 Å². The molecule has 5 nitrogen and oxygen atoms in total. The lowest BCUT2D eigenvalue weighted by Crippen LogP contribution is -2.04. The molecule has 6 heteroatoms. The van der Waals surface area contributed by atoms with Gasteiger partial charge in [-0.3, -0.25) is 0 Å². The summed E-state index contributed by atoms with van der Waals surface area (Å²) >= 11 is 1.81. The Bertz CT molecular complexity index is 1120. The SMILES string of the molecule is Cc1nc(-n2nnc3cc(C)c(C)cc32)c2c3c(sc2n1)CCC3. The predicted molar refractivity (Wildman–Crippen MR) is 96.1 cm³/mol. The fraction of sp³-hybridized carbons (Fsp3) is 0.333. The second-order valence-corrected chi connectivity index (χ2v) is 7.64. The third-order valence-corrected chi connectivity index (χ3v) is 6.10. The minimum absolute atomic E-state index is 0.782. The van der Waals surface area contributed by atoms with Crippen LogP contribution >= 0.6 is 11.3 Å². The van der Waals surface area contributed by atoms with E-state index in [4.69, 9.17) is 4.98 Å². The highest BCUT2D eigenvalue weighted by Gasteiger charge is 2.24. The Kier molecular flexibility index (Phi) is 2.83. The van der Waals surface area contributed by atoms with Gasteiger partial charge in [0.05, 0.1) is 10.9 Å². The lowest BCUT2D eigenvalue weighted by Gasteiger charge is -2.07. The van der Waals surface area contributed by atoms with Crippen molar-refractivity contribution in [3.63, 3.8) is 0 Å². The number of hydrogen-bond acceptors (Lipinski definition) is 5. The predicted octanol–water partition coefficient (Wildman–Crippen LogP) is 3.84. The molecule has 0 unspecified atom stereocenters. The maximum atomic E-state index is 4.75. The summed E-state index contributed by atoms with van der Waals surface area (Å²) in [5, 5.41) is 9.96. The molecular formula is C18H17N5S. The van der Waals surface area contributed by atoms with Crippen LogP contribution in [0.3, 0.4) is 0 Å². The van der Waals surface area contributed by atoms with Crippen molar-refractivity contribution < 1.29 is 0 Å². The highest BCUT2D eigenvalue weighted by Crippen LogP contribution is 2.39. The molecule has 3 heterocycles. The van der Waals surface area contributed by atoms with Crippen molar-refractivity contribution in [1.82, 2.24) is 25.0 Å². The van der Waals surface area contributed by atoms with Gasteiger partial charge in [0.1, 0.15) is 16.2 Å². The molecule has 1 aliphatic carbocycles. The molecular weight excluding hydrogens is 318 g/mol. The summed E-state index contributed by atoms with van der Waals surface area (Å²) in [6.45, 7) is 6.17. The molecule has 0 atom stereocenters. The summed E-state index contributed by atoms with van der Waals surface area (Å²) < 4.78 is 1.89. The smallest absolute Gasteiger partial charge is 0.168 e. The molecule has 3 aromatic heterocycles. The van der Waals surface area contributed by atoms with Crippen LogP contribution in [-0.4, -0.2) is 25.0 Å². The van der Waals surface area contributed by atoms with E-state index in [-0.39, 0.29) is 0 Å². The summed E-state index contributed by atoms with van der Waals surface area (Å²) in [6, 6.07) is 4.25. The Labute approximate surface area is 143 Å². The van der Waals surface area contributed by atoms with Crippen molar-refractivity contribution in [3.8, 4) is 5.82 Å². The van der Waals surface area contributed by atoms with E-state index in [1.54, 1.807) is 0 Å². The third kappa shape index (κ3) is 1.86. The fourth-order valence-corrected chi connectivity index (χ4v) is 4.87. The van der Waals surface area contributed by atoms with Crippen molar-refractivity contribution in [2.24, 2.45) is 0 Å². The highest BCUT2D eigenvalue weighted by molar-refractivity contribution is 7.19. The second kappa shape index (κ2) is 4.83. The zero-order valence-corrected chi connectivity index (χ0v) is 14.7. The Morgan fingerprint density at radius 1 is 1.04 bits per heavy atom. The molecule has 1 aliphatic rings. The fourth-order valence-electron chi connectivity index (χ4n) is 3.57. The van der Waals surface area contributed by atoms with Crippen molar-refractivity contribution in [1.29, 1.82) is 0 Å². The van der Waals surface area contributed by atoms with Gasteiger partial charge in [-0.1, -0.05) is 5.21 Å². The highest BCUT2D eigenvalue weighted by atomic mass is 32.1. The van der Waals surface area contributed by atoms with E-state index < -0.39 is 0 Å². The average molecular weight is 335 g/mol. The van der Waals surface area contributed by atoms with Crippen LogP contribution in [0.5, 0.6) is 0 Å². The van der Waals surface area contributed by atoms with Gasteiger partial charge in [-0.15, -0.1) is 16.4 Å². The van der Waals surface area contributed by atoms with Crippen molar-refractivity contribution in [2.45, 2.75) is 40.0 Å². The molecule has 1 aromatic carbocycles. The molecule has 0 saturated heterocycles. The lowest BCUT2D eigenvalue weighted by atomic mass is 10.1. The maximum absolute atomic E-state index is 4.75. The van der Waals surface area contributed by atoms with Gasteiger partial charge in [0.25, 0.3) is 0 Å². The molecule has 0 fully saturated rings. The van der Waals surface area contributed by atoms with Gasteiger partial charge in [-0.25, -0.2) is 9.97 Å². The number of aromatic nitrogens is 5. The Balaban J connectivity index is 1.88. The Hall–Kier alpha value is -2.34. The zero-order valence-electron chi connectivity index (χ0n) is 13.9. The van der Waals surface area contributed by atoms with Crippen LogP contribution in [0.4, 0.5) is 0 Å². The molecule has 24 heavy (non-hydrogen) atoms. The molecule has 0 spiro atoms. The van der Waals surface area contributed by atoms with Gasteiger partial charge in [0.15, 0.2) is 5.82 Å². The minimum Gasteiger partial charge on any atom is -0.222 e. The van der Waals surface area contributed by atoms with Gasteiger partial charge in [-0.2, -0.15) is 4.68 Å². The lowest BCUT2D eigenvalue weighted by molar-refractivity contribution is 0.798. The first kappa shape index (κ1) is 14.0. The van der Waals surface area contributed by atoms with Gasteiger partial charge >= 0.3 is 0 Å². The van der Waals surface area contributed by atoms with E-state index >= 15 is 0 Å².